The molecular weight excluding hydrogens is 332 g/mol. The molecule has 2 heterocycles. The molecule has 7 nitrogen and oxygen atoms in total. The Morgan fingerprint density at radius 3 is 2.70 bits per heavy atom. The Kier molecular flexibility index (Phi) is 4.79. The molecule has 0 aliphatic rings. The summed E-state index contributed by atoms with van der Waals surface area (Å²) in [6.07, 6.45) is 0. The highest BCUT2D eigenvalue weighted by Crippen LogP contribution is 2.20. The third kappa shape index (κ3) is 4.02. The van der Waals surface area contributed by atoms with E-state index in [1.165, 1.54) is 22.9 Å². The summed E-state index contributed by atoms with van der Waals surface area (Å²) in [6.45, 7) is 0.382. The van der Waals surface area contributed by atoms with Crippen molar-refractivity contribution in [3.05, 3.63) is 40.7 Å². The predicted octanol–water partition coefficient (Wildman–Crippen LogP) is 3.03. The van der Waals surface area contributed by atoms with Crippen LogP contribution in [0.4, 0.5) is 15.6 Å². The van der Waals surface area contributed by atoms with Gasteiger partial charge in [-0.2, -0.15) is 0 Å². The number of hydrogen-bond acceptors (Lipinski definition) is 7. The highest BCUT2D eigenvalue weighted by Gasteiger charge is 2.05. The fourth-order valence-electron chi connectivity index (χ4n) is 1.86. The molecule has 3 rings (SSSR count). The van der Waals surface area contributed by atoms with E-state index in [0.29, 0.717) is 12.2 Å². The molecule has 9 heteroatoms. The molecule has 2 amide bonds. The monoisotopic (exact) mass is 346 g/mol. The summed E-state index contributed by atoms with van der Waals surface area (Å²) in [4.78, 5) is 16.2. The molecule has 23 heavy (non-hydrogen) atoms. The number of benzene rings is 1. The molecule has 0 saturated carbocycles. The highest BCUT2D eigenvalue weighted by molar-refractivity contribution is 7.13. The predicted molar refractivity (Wildman–Crippen MR) is 92.9 cm³/mol. The van der Waals surface area contributed by atoms with Gasteiger partial charge in [-0.15, -0.1) is 16.4 Å². The van der Waals surface area contributed by atoms with Crippen molar-refractivity contribution in [2.45, 2.75) is 6.54 Å². The third-order valence-corrected chi connectivity index (χ3v) is 4.41. The van der Waals surface area contributed by atoms with E-state index in [0.717, 1.165) is 22.1 Å². The Bertz CT molecular complexity index is 769. The lowest BCUT2D eigenvalue weighted by Gasteiger charge is -2.07. The number of nitrogens with zero attached hydrogens (tertiary/aromatic N) is 3. The second kappa shape index (κ2) is 7.16. The maximum Gasteiger partial charge on any atom is 0.319 e. The van der Waals surface area contributed by atoms with Gasteiger partial charge < -0.3 is 16.0 Å². The molecule has 0 atom stereocenters. The number of carbonyl (C=O) groups excluding carboxylic acids is 1. The fourth-order valence-corrected chi connectivity index (χ4v) is 3.00. The second-order valence-electron chi connectivity index (χ2n) is 4.57. The summed E-state index contributed by atoms with van der Waals surface area (Å²) in [6, 6.07) is 7.18. The van der Waals surface area contributed by atoms with Crippen molar-refractivity contribution in [3.8, 4) is 11.3 Å². The van der Waals surface area contributed by atoms with Crippen molar-refractivity contribution in [1.29, 1.82) is 0 Å². The number of nitrogens with one attached hydrogen (secondary N) is 3. The summed E-state index contributed by atoms with van der Waals surface area (Å²) in [5.41, 5.74) is 3.33. The summed E-state index contributed by atoms with van der Waals surface area (Å²) in [5, 5.41) is 17.1. The van der Waals surface area contributed by atoms with Gasteiger partial charge in [-0.05, 0) is 23.7 Å². The number of aromatic nitrogens is 3. The van der Waals surface area contributed by atoms with Crippen LogP contribution in [0.3, 0.4) is 0 Å². The van der Waals surface area contributed by atoms with Crippen LogP contribution in [0.15, 0.2) is 35.0 Å². The van der Waals surface area contributed by atoms with Crippen LogP contribution in [0.2, 0.25) is 0 Å². The largest absolute Gasteiger partial charge is 0.365 e. The van der Waals surface area contributed by atoms with Crippen LogP contribution >= 0.6 is 22.9 Å². The molecule has 3 aromatic rings. The Morgan fingerprint density at radius 1 is 1.22 bits per heavy atom. The van der Waals surface area contributed by atoms with Gasteiger partial charge in [0.05, 0.1) is 12.2 Å². The van der Waals surface area contributed by atoms with E-state index < -0.39 is 0 Å². The highest BCUT2D eigenvalue weighted by atomic mass is 32.1. The van der Waals surface area contributed by atoms with Gasteiger partial charge in [0.15, 0.2) is 5.13 Å². The first-order valence-corrected chi connectivity index (χ1v) is 8.51. The molecule has 0 aliphatic heterocycles. The zero-order valence-electron chi connectivity index (χ0n) is 12.2. The fraction of sp³-hybridized carbons (Fsp3) is 0.143. The van der Waals surface area contributed by atoms with Gasteiger partial charge in [0.25, 0.3) is 0 Å². The molecule has 0 saturated heterocycles. The van der Waals surface area contributed by atoms with Crippen molar-refractivity contribution in [1.82, 2.24) is 19.9 Å². The molecule has 2 aromatic heterocycles. The third-order valence-electron chi connectivity index (χ3n) is 2.99. The minimum atomic E-state index is -0.271. The van der Waals surface area contributed by atoms with Crippen LogP contribution in [0, 0.1) is 0 Å². The van der Waals surface area contributed by atoms with Gasteiger partial charge in [-0.1, -0.05) is 16.6 Å². The maximum atomic E-state index is 11.9. The Morgan fingerprint density at radius 2 is 2.04 bits per heavy atom. The van der Waals surface area contributed by atoms with Crippen molar-refractivity contribution in [2.75, 3.05) is 17.7 Å². The average molecular weight is 346 g/mol. The number of amides is 2. The molecule has 0 fully saturated rings. The van der Waals surface area contributed by atoms with Crippen LogP contribution in [0.1, 0.15) is 5.69 Å². The molecule has 3 N–H and O–H groups in total. The lowest BCUT2D eigenvalue weighted by atomic mass is 10.1. The topological polar surface area (TPSA) is 91.8 Å². The van der Waals surface area contributed by atoms with Crippen LogP contribution in [-0.4, -0.2) is 27.6 Å². The molecule has 0 aliphatic carbocycles. The van der Waals surface area contributed by atoms with E-state index in [9.17, 15) is 4.79 Å². The van der Waals surface area contributed by atoms with Gasteiger partial charge in [0.2, 0.25) is 0 Å². The van der Waals surface area contributed by atoms with Gasteiger partial charge in [0.1, 0.15) is 5.69 Å². The first-order chi connectivity index (χ1) is 11.2. The average Bonchev–Trinajstić information content (AvgIpc) is 3.25. The summed E-state index contributed by atoms with van der Waals surface area (Å²) >= 11 is 2.81. The van der Waals surface area contributed by atoms with E-state index in [1.807, 2.05) is 42.1 Å². The van der Waals surface area contributed by atoms with Crippen molar-refractivity contribution in [2.24, 2.45) is 0 Å². The second-order valence-corrected chi connectivity index (χ2v) is 6.04. The normalized spacial score (nSPS) is 10.3. The lowest BCUT2D eigenvalue weighted by Crippen LogP contribution is -2.28. The van der Waals surface area contributed by atoms with Crippen molar-refractivity contribution >= 4 is 39.7 Å². The Balaban J connectivity index is 1.53. The zero-order valence-corrected chi connectivity index (χ0v) is 13.9. The van der Waals surface area contributed by atoms with Crippen LogP contribution in [0.25, 0.3) is 11.3 Å². The maximum absolute atomic E-state index is 11.9. The molecule has 118 valence electrons. The Hall–Kier alpha value is -2.52. The molecule has 1 aromatic carbocycles. The van der Waals surface area contributed by atoms with Crippen LogP contribution in [0.5, 0.6) is 0 Å². The number of thiazole rings is 1. The summed E-state index contributed by atoms with van der Waals surface area (Å²) in [7, 11) is 1.81. The molecule has 0 radical (unpaired) electrons. The van der Waals surface area contributed by atoms with Gasteiger partial charge in [0, 0.05) is 29.1 Å². The number of rotatable bonds is 5. The first kappa shape index (κ1) is 15.4. The van der Waals surface area contributed by atoms with Crippen LogP contribution < -0.4 is 16.0 Å². The minimum Gasteiger partial charge on any atom is -0.365 e. The van der Waals surface area contributed by atoms with E-state index in [4.69, 9.17) is 0 Å². The SMILES string of the molecule is CNc1nc(CNC(=O)Nc2ccc(-c3csnn3)cc2)cs1. The van der Waals surface area contributed by atoms with Crippen molar-refractivity contribution in [3.63, 3.8) is 0 Å². The minimum absolute atomic E-state index is 0.271. The number of hydrogen-bond donors (Lipinski definition) is 3. The molecule has 0 spiro atoms. The molecule has 0 unspecified atom stereocenters. The number of urea groups is 1. The molecular formula is C14H14N6OS2. The Labute approximate surface area is 141 Å². The summed E-state index contributed by atoms with van der Waals surface area (Å²) < 4.78 is 3.83. The van der Waals surface area contributed by atoms with E-state index in [1.54, 1.807) is 0 Å². The van der Waals surface area contributed by atoms with Gasteiger partial charge in [-0.3, -0.25) is 0 Å². The first-order valence-electron chi connectivity index (χ1n) is 6.79. The van der Waals surface area contributed by atoms with Gasteiger partial charge >= 0.3 is 6.03 Å². The summed E-state index contributed by atoms with van der Waals surface area (Å²) in [5.74, 6) is 0. The van der Waals surface area contributed by atoms with Crippen LogP contribution in [-0.2, 0) is 6.54 Å². The van der Waals surface area contributed by atoms with E-state index in [2.05, 4.69) is 30.5 Å². The van der Waals surface area contributed by atoms with E-state index >= 15 is 0 Å². The quantitative estimate of drug-likeness (QED) is 0.660. The molecule has 0 bridgehead atoms. The lowest BCUT2D eigenvalue weighted by molar-refractivity contribution is 0.251. The standard InChI is InChI=1S/C14H14N6OS2/c1-15-14-18-11(7-22-14)6-16-13(21)17-10-4-2-9(3-5-10)12-8-23-20-19-12/h2-5,7-8H,6H2,1H3,(H,15,18)(H2,16,17,21). The number of carbonyl (C=O) groups is 1. The number of anilines is 2. The van der Waals surface area contributed by atoms with Gasteiger partial charge in [-0.25, -0.2) is 9.78 Å². The van der Waals surface area contributed by atoms with Crippen molar-refractivity contribution < 1.29 is 4.79 Å². The zero-order chi connectivity index (χ0) is 16.1. The van der Waals surface area contributed by atoms with E-state index in [-0.39, 0.29) is 6.03 Å². The smallest absolute Gasteiger partial charge is 0.319 e.